The number of aromatic nitrogens is 2. The van der Waals surface area contributed by atoms with Gasteiger partial charge < -0.3 is 27.8 Å². The van der Waals surface area contributed by atoms with Gasteiger partial charge in [-0.1, -0.05) is 382 Å². The normalized spacial score (nSPS) is 11.5. The Bertz CT molecular complexity index is 8480. The van der Waals surface area contributed by atoms with E-state index in [1.807, 2.05) is 24.3 Å². The molecule has 0 amide bonds. The predicted molar refractivity (Wildman–Crippen MR) is 546 cm³/mol. The van der Waals surface area contributed by atoms with Gasteiger partial charge in [0.15, 0.2) is 0 Å². The van der Waals surface area contributed by atoms with Crippen LogP contribution in [0.4, 0.5) is 34.1 Å². The van der Waals surface area contributed by atoms with Crippen molar-refractivity contribution < 1.29 is 8.83 Å². The largest absolute Gasteiger partial charge is 0.455 e. The smallest absolute Gasteiger partial charge is 0.143 e. The highest BCUT2D eigenvalue weighted by Crippen LogP contribution is 2.49. The number of hydrogen-bond donors (Lipinski definition) is 0. The van der Waals surface area contributed by atoms with Gasteiger partial charge in [-0.05, 0) is 187 Å². The lowest BCUT2D eigenvalue weighted by molar-refractivity contribution is 0.669. The third-order valence-corrected chi connectivity index (χ3v) is 25.9. The van der Waals surface area contributed by atoms with Crippen LogP contribution in [-0.4, -0.2) is 9.13 Å². The molecule has 0 radical (unpaired) electrons. The van der Waals surface area contributed by atoms with Gasteiger partial charge in [-0.3, -0.25) is 0 Å². The van der Waals surface area contributed by atoms with Crippen molar-refractivity contribution in [1.82, 2.24) is 9.13 Å². The van der Waals surface area contributed by atoms with E-state index in [-0.39, 0.29) is 0 Å². The van der Waals surface area contributed by atoms with Gasteiger partial charge in [-0.2, -0.15) is 0 Å². The number of fused-ring (bicyclic) bond motifs is 13. The Morgan fingerprint density at radius 1 is 0.154 bits per heavy atom. The number of hydrogen-bond acceptors (Lipinski definition) is 4. The highest BCUT2D eigenvalue weighted by Gasteiger charge is 2.25. The zero-order valence-corrected chi connectivity index (χ0v) is 70.9. The minimum atomic E-state index is 0.899. The minimum absolute atomic E-state index is 0.899. The van der Waals surface area contributed by atoms with E-state index in [2.05, 4.69) is 492 Å². The minimum Gasteiger partial charge on any atom is -0.455 e. The average Bonchev–Trinajstić information content (AvgIpc) is 1.25. The van der Waals surface area contributed by atoms with Crippen LogP contribution < -0.4 is 9.80 Å². The van der Waals surface area contributed by atoms with Gasteiger partial charge in [0.1, 0.15) is 22.3 Å². The van der Waals surface area contributed by atoms with Crippen LogP contribution in [0.15, 0.2) is 506 Å². The molecule has 4 heterocycles. The molecule has 0 saturated heterocycles. The first-order valence-corrected chi connectivity index (χ1v) is 44.4. The molecular weight excluding hydrogens is 1580 g/mol. The fourth-order valence-corrected chi connectivity index (χ4v) is 19.9. The molecule has 0 saturated carbocycles. The van der Waals surface area contributed by atoms with Gasteiger partial charge in [0.25, 0.3) is 0 Å². The number of nitrogens with zero attached hydrogens (tertiary/aromatic N) is 4. The maximum atomic E-state index is 6.49. The lowest BCUT2D eigenvalue weighted by Gasteiger charge is -2.28. The number of rotatable bonds is 16. The van der Waals surface area contributed by atoms with Crippen molar-refractivity contribution in [2.75, 3.05) is 9.80 Å². The molecule has 25 aromatic rings. The summed E-state index contributed by atoms with van der Waals surface area (Å²) < 4.78 is 17.8. The van der Waals surface area contributed by atoms with Crippen LogP contribution in [-0.2, 0) is 0 Å². The summed E-state index contributed by atoms with van der Waals surface area (Å²) in [6.45, 7) is 0. The Hall–Kier alpha value is -17.3. The maximum absolute atomic E-state index is 6.49. The predicted octanol–water partition coefficient (Wildman–Crippen LogP) is 34.8. The van der Waals surface area contributed by atoms with E-state index in [0.29, 0.717) is 0 Å². The quantitative estimate of drug-likeness (QED) is 0.0967. The summed E-state index contributed by atoms with van der Waals surface area (Å²) in [5.74, 6) is 0. The Kier molecular flexibility index (Phi) is 19.2. The molecule has 0 atom stereocenters. The molecule has 0 N–H and O–H groups in total. The molecular formula is C124H82N4O2. The fourth-order valence-electron chi connectivity index (χ4n) is 19.9. The van der Waals surface area contributed by atoms with E-state index in [0.717, 1.165) is 128 Å². The van der Waals surface area contributed by atoms with Crippen LogP contribution in [0.5, 0.6) is 0 Å². The Morgan fingerprint density at radius 3 is 0.869 bits per heavy atom. The molecule has 610 valence electrons. The second-order valence-corrected chi connectivity index (χ2v) is 33.2. The van der Waals surface area contributed by atoms with E-state index < -0.39 is 0 Å². The summed E-state index contributed by atoms with van der Waals surface area (Å²) in [7, 11) is 0. The van der Waals surface area contributed by atoms with E-state index in [9.17, 15) is 0 Å². The van der Waals surface area contributed by atoms with Crippen molar-refractivity contribution in [1.29, 1.82) is 0 Å². The first kappa shape index (κ1) is 76.3. The lowest BCUT2D eigenvalue weighted by Crippen LogP contribution is -2.11. The van der Waals surface area contributed by atoms with E-state index in [4.69, 9.17) is 8.83 Å². The van der Waals surface area contributed by atoms with E-state index >= 15 is 0 Å². The summed E-state index contributed by atoms with van der Waals surface area (Å²) in [6.07, 6.45) is 0. The van der Waals surface area contributed by atoms with Crippen molar-refractivity contribution >= 4 is 132 Å². The van der Waals surface area contributed by atoms with E-state index in [1.54, 1.807) is 0 Å². The topological polar surface area (TPSA) is 42.6 Å². The summed E-state index contributed by atoms with van der Waals surface area (Å²) in [6, 6.07) is 179. The molecule has 130 heavy (non-hydrogen) atoms. The number of benzene rings is 21. The molecule has 0 bridgehead atoms. The Balaban J connectivity index is 0.000000144. The monoisotopic (exact) mass is 1660 g/mol. The van der Waals surface area contributed by atoms with Gasteiger partial charge >= 0.3 is 0 Å². The lowest BCUT2D eigenvalue weighted by atomic mass is 9.93. The molecule has 6 nitrogen and oxygen atoms in total. The molecule has 0 aliphatic carbocycles. The van der Waals surface area contributed by atoms with Crippen molar-refractivity contribution in [3.8, 4) is 100 Å². The average molecular weight is 1660 g/mol. The third-order valence-electron chi connectivity index (χ3n) is 25.9. The molecule has 4 aromatic heterocycles. The summed E-state index contributed by atoms with van der Waals surface area (Å²) in [5, 5.41) is 12.0. The van der Waals surface area contributed by atoms with Gasteiger partial charge in [0, 0.05) is 99.3 Å². The fraction of sp³-hybridized carbons (Fsp3) is 0. The second kappa shape index (κ2) is 32.7. The molecule has 21 aromatic carbocycles. The standard InChI is InChI=1S/C64H42N2O.C60H40N2O/c1-2-19-48-43(17-1)18-15-28-52(48)53-22-5-10-30-59(53)65(47-41-37-45(38-42-47)50-27-16-29-58-57-26-9-14-34-63(57)67-64(50)58)46-39-35-44(36-40-46)49-20-3-4-21-51(49)54-23-6-11-31-60(54)66-61-32-12-7-24-55(61)56-25-8-13-33-62(56)66;1-2-15-41(16-3-1)42-29-35-45(36-30-42)61(47-39-33-44(34-40-47)49-23-14-24-55-54-22-9-13-28-59(54)63-60(49)55)46-37-31-43(32-38-46)48-17-4-5-18-50(48)51-19-6-10-25-56(51)62-57-26-11-7-20-52(57)53-21-8-12-27-58(53)62/h1-42H;1-40H. The molecule has 0 unspecified atom stereocenters. The zero-order valence-electron chi connectivity index (χ0n) is 70.9. The van der Waals surface area contributed by atoms with Crippen molar-refractivity contribution in [3.63, 3.8) is 0 Å². The zero-order chi connectivity index (χ0) is 86.0. The Labute approximate surface area is 752 Å². The van der Waals surface area contributed by atoms with Gasteiger partial charge in [-0.25, -0.2) is 0 Å². The first-order valence-electron chi connectivity index (χ1n) is 44.4. The highest BCUT2D eigenvalue weighted by atomic mass is 16.3. The SMILES string of the molecule is c1ccc(-c2ccc(N(c3ccc(-c4ccccc4-c4ccccc4-n4c5ccccc5c5ccccc54)cc3)c3ccc(-c4cccc5c4oc4ccccc45)cc3)cc2)cc1.c1ccc(-c2ccccc2-n2c3ccccc3c3ccccc32)c(-c2ccc(N(c3ccc(-c4cccc5c4oc4ccccc45)cc3)c3ccccc3-c3cccc4ccccc34)cc2)c1. The van der Waals surface area contributed by atoms with Crippen LogP contribution in [0.3, 0.4) is 0 Å². The van der Waals surface area contributed by atoms with Gasteiger partial charge in [0.05, 0.1) is 39.1 Å². The van der Waals surface area contributed by atoms with Gasteiger partial charge in [-0.15, -0.1) is 0 Å². The van der Waals surface area contributed by atoms with Crippen molar-refractivity contribution in [2.45, 2.75) is 0 Å². The molecule has 25 rings (SSSR count). The van der Waals surface area contributed by atoms with Crippen LogP contribution in [0.1, 0.15) is 0 Å². The number of para-hydroxylation sites is 11. The second-order valence-electron chi connectivity index (χ2n) is 33.2. The van der Waals surface area contributed by atoms with Crippen molar-refractivity contribution in [3.05, 3.63) is 497 Å². The number of anilines is 6. The molecule has 0 fully saturated rings. The summed E-state index contributed by atoms with van der Waals surface area (Å²) >= 11 is 0. The van der Waals surface area contributed by atoms with E-state index in [1.165, 1.54) is 104 Å². The first-order chi connectivity index (χ1) is 64.5. The number of furan rings is 2. The van der Waals surface area contributed by atoms with Crippen LogP contribution in [0, 0.1) is 0 Å². The van der Waals surface area contributed by atoms with Crippen LogP contribution in [0.25, 0.3) is 199 Å². The Morgan fingerprint density at radius 2 is 0.431 bits per heavy atom. The molecule has 0 aliphatic heterocycles. The highest BCUT2D eigenvalue weighted by molar-refractivity contribution is 6.14. The molecule has 6 heteroatoms. The molecule has 0 aliphatic rings. The third kappa shape index (κ3) is 13.4. The van der Waals surface area contributed by atoms with Crippen molar-refractivity contribution in [2.24, 2.45) is 0 Å². The van der Waals surface area contributed by atoms with Gasteiger partial charge in [0.2, 0.25) is 0 Å². The maximum Gasteiger partial charge on any atom is 0.143 e. The van der Waals surface area contributed by atoms with Crippen LogP contribution in [0.2, 0.25) is 0 Å². The summed E-state index contributed by atoms with van der Waals surface area (Å²) in [4.78, 5) is 4.74. The van der Waals surface area contributed by atoms with Crippen LogP contribution >= 0.6 is 0 Å². The summed E-state index contributed by atoms with van der Waals surface area (Å²) in [5.41, 5.74) is 35.6. The molecule has 0 spiro atoms.